The van der Waals surface area contributed by atoms with Crippen molar-refractivity contribution in [2.24, 2.45) is 0 Å². The molecule has 3 rings (SSSR count). The minimum atomic E-state index is 0.720. The summed E-state index contributed by atoms with van der Waals surface area (Å²) in [7, 11) is 1.67. The summed E-state index contributed by atoms with van der Waals surface area (Å²) in [6, 6.07) is 8.63. The van der Waals surface area contributed by atoms with Gasteiger partial charge in [-0.1, -0.05) is 0 Å². The molecule has 0 atom stereocenters. The number of aromatic amines is 1. The molecule has 0 radical (unpaired) electrons. The zero-order valence-electron chi connectivity index (χ0n) is 10.4. The zero-order chi connectivity index (χ0) is 12.4. The van der Waals surface area contributed by atoms with Crippen molar-refractivity contribution in [2.45, 2.75) is 25.4 Å². The Morgan fingerprint density at radius 3 is 2.78 bits per heavy atom. The summed E-state index contributed by atoms with van der Waals surface area (Å²) in [6.45, 7) is 0.869. The molecule has 1 aromatic heterocycles. The van der Waals surface area contributed by atoms with E-state index in [2.05, 4.69) is 15.3 Å². The summed E-state index contributed by atoms with van der Waals surface area (Å²) in [6.07, 6.45) is 4.51. The summed E-state index contributed by atoms with van der Waals surface area (Å²) < 4.78 is 5.14. The van der Waals surface area contributed by atoms with Crippen LogP contribution in [0.5, 0.6) is 5.75 Å². The molecule has 4 nitrogen and oxygen atoms in total. The monoisotopic (exact) mass is 243 g/mol. The Bertz CT molecular complexity index is 514. The van der Waals surface area contributed by atoms with Crippen molar-refractivity contribution in [3.8, 4) is 17.1 Å². The third-order valence-corrected chi connectivity index (χ3v) is 3.15. The van der Waals surface area contributed by atoms with Crippen LogP contribution in [0.25, 0.3) is 11.4 Å². The number of nitrogens with zero attached hydrogens (tertiary/aromatic N) is 1. The van der Waals surface area contributed by atoms with Gasteiger partial charge in [0.2, 0.25) is 0 Å². The van der Waals surface area contributed by atoms with Gasteiger partial charge in [0.1, 0.15) is 11.6 Å². The molecule has 0 amide bonds. The molecular formula is C14H17N3O. The van der Waals surface area contributed by atoms with E-state index in [4.69, 9.17) is 4.74 Å². The Morgan fingerprint density at radius 1 is 1.33 bits per heavy atom. The molecule has 18 heavy (non-hydrogen) atoms. The highest BCUT2D eigenvalue weighted by Gasteiger charge is 2.20. The second-order valence-electron chi connectivity index (χ2n) is 4.64. The molecule has 2 N–H and O–H groups in total. The number of rotatable bonds is 5. The van der Waals surface area contributed by atoms with Crippen LogP contribution in [0.3, 0.4) is 0 Å². The highest BCUT2D eigenvalue weighted by molar-refractivity contribution is 5.56. The fourth-order valence-electron chi connectivity index (χ4n) is 1.89. The van der Waals surface area contributed by atoms with Gasteiger partial charge in [0.15, 0.2) is 0 Å². The highest BCUT2D eigenvalue weighted by Crippen LogP contribution is 2.21. The van der Waals surface area contributed by atoms with Crippen LogP contribution in [-0.4, -0.2) is 23.1 Å². The van der Waals surface area contributed by atoms with E-state index in [1.165, 1.54) is 12.8 Å². The van der Waals surface area contributed by atoms with E-state index in [0.29, 0.717) is 0 Å². The smallest absolute Gasteiger partial charge is 0.137 e. The molecule has 4 heteroatoms. The van der Waals surface area contributed by atoms with Crippen LogP contribution in [0, 0.1) is 0 Å². The Kier molecular flexibility index (Phi) is 3.02. The lowest BCUT2D eigenvalue weighted by atomic mass is 10.2. The zero-order valence-corrected chi connectivity index (χ0v) is 10.4. The first-order valence-electron chi connectivity index (χ1n) is 6.27. The van der Waals surface area contributed by atoms with Gasteiger partial charge < -0.3 is 15.0 Å². The standard InChI is InChI=1S/C14H17N3O/c1-18-13-6-2-10(3-7-13)14-16-9-12(17-14)8-15-11-4-5-11/h2-3,6-7,9,11,15H,4-5,8H2,1H3,(H,16,17). The molecule has 1 saturated carbocycles. The molecule has 1 aromatic carbocycles. The maximum Gasteiger partial charge on any atom is 0.137 e. The maximum absolute atomic E-state index is 5.14. The van der Waals surface area contributed by atoms with Gasteiger partial charge in [-0.2, -0.15) is 0 Å². The van der Waals surface area contributed by atoms with E-state index in [0.717, 1.165) is 35.4 Å². The predicted molar refractivity (Wildman–Crippen MR) is 70.4 cm³/mol. The fourth-order valence-corrected chi connectivity index (χ4v) is 1.89. The van der Waals surface area contributed by atoms with Crippen LogP contribution in [0.4, 0.5) is 0 Å². The SMILES string of the molecule is COc1ccc(-c2ncc(CNC3CC3)[nH]2)cc1. The predicted octanol–water partition coefficient (Wildman–Crippen LogP) is 2.34. The molecule has 0 unspecified atom stereocenters. The number of hydrogen-bond donors (Lipinski definition) is 2. The normalized spacial score (nSPS) is 14.7. The molecular weight excluding hydrogens is 226 g/mol. The van der Waals surface area contributed by atoms with Crippen LogP contribution >= 0.6 is 0 Å². The van der Waals surface area contributed by atoms with Crippen LogP contribution in [0.2, 0.25) is 0 Å². The van der Waals surface area contributed by atoms with Gasteiger partial charge >= 0.3 is 0 Å². The minimum Gasteiger partial charge on any atom is -0.497 e. The van der Waals surface area contributed by atoms with Gasteiger partial charge in [-0.15, -0.1) is 0 Å². The number of hydrogen-bond acceptors (Lipinski definition) is 3. The first-order chi connectivity index (χ1) is 8.85. The first kappa shape index (κ1) is 11.3. The van der Waals surface area contributed by atoms with Crippen LogP contribution in [0.15, 0.2) is 30.5 Å². The first-order valence-corrected chi connectivity index (χ1v) is 6.27. The van der Waals surface area contributed by atoms with Gasteiger partial charge in [0, 0.05) is 30.0 Å². The number of benzene rings is 1. The Hall–Kier alpha value is -1.81. The molecule has 0 spiro atoms. The van der Waals surface area contributed by atoms with Gasteiger partial charge in [-0.05, 0) is 37.1 Å². The lowest BCUT2D eigenvalue weighted by Crippen LogP contribution is -2.15. The highest BCUT2D eigenvalue weighted by atomic mass is 16.5. The molecule has 1 heterocycles. The van der Waals surface area contributed by atoms with Crippen molar-refractivity contribution < 1.29 is 4.74 Å². The third kappa shape index (κ3) is 2.54. The Balaban J connectivity index is 1.70. The van der Waals surface area contributed by atoms with E-state index in [9.17, 15) is 0 Å². The number of aromatic nitrogens is 2. The molecule has 0 bridgehead atoms. The van der Waals surface area contributed by atoms with Gasteiger partial charge in [0.05, 0.1) is 7.11 Å². The number of nitrogens with one attached hydrogen (secondary N) is 2. The van der Waals surface area contributed by atoms with Crippen molar-refractivity contribution >= 4 is 0 Å². The van der Waals surface area contributed by atoms with E-state index >= 15 is 0 Å². The van der Waals surface area contributed by atoms with E-state index in [-0.39, 0.29) is 0 Å². The van der Waals surface area contributed by atoms with Gasteiger partial charge in [-0.25, -0.2) is 4.98 Å². The van der Waals surface area contributed by atoms with Crippen molar-refractivity contribution in [2.75, 3.05) is 7.11 Å². The minimum absolute atomic E-state index is 0.720. The average molecular weight is 243 g/mol. The number of methoxy groups -OCH3 is 1. The van der Waals surface area contributed by atoms with Crippen molar-refractivity contribution in [3.05, 3.63) is 36.2 Å². The second-order valence-corrected chi connectivity index (χ2v) is 4.64. The van der Waals surface area contributed by atoms with Crippen molar-refractivity contribution in [3.63, 3.8) is 0 Å². The van der Waals surface area contributed by atoms with Crippen molar-refractivity contribution in [1.29, 1.82) is 0 Å². The summed E-state index contributed by atoms with van der Waals surface area (Å²) >= 11 is 0. The Labute approximate surface area is 106 Å². The number of imidazole rings is 1. The molecule has 1 aliphatic rings. The van der Waals surface area contributed by atoms with Crippen molar-refractivity contribution in [1.82, 2.24) is 15.3 Å². The largest absolute Gasteiger partial charge is 0.497 e. The summed E-state index contributed by atoms with van der Waals surface area (Å²) in [4.78, 5) is 7.74. The number of H-pyrrole nitrogens is 1. The Morgan fingerprint density at radius 2 is 2.11 bits per heavy atom. The van der Waals surface area contributed by atoms with Crippen LogP contribution in [-0.2, 0) is 6.54 Å². The topological polar surface area (TPSA) is 49.9 Å². The van der Waals surface area contributed by atoms with E-state index in [1.807, 2.05) is 30.5 Å². The van der Waals surface area contributed by atoms with Crippen LogP contribution < -0.4 is 10.1 Å². The maximum atomic E-state index is 5.14. The quantitative estimate of drug-likeness (QED) is 0.847. The summed E-state index contributed by atoms with van der Waals surface area (Å²) in [5.41, 5.74) is 2.21. The van der Waals surface area contributed by atoms with Gasteiger partial charge in [-0.3, -0.25) is 0 Å². The molecule has 1 fully saturated rings. The number of ether oxygens (including phenoxy) is 1. The molecule has 1 aliphatic carbocycles. The van der Waals surface area contributed by atoms with E-state index in [1.54, 1.807) is 7.11 Å². The average Bonchev–Trinajstić information content (AvgIpc) is 3.14. The van der Waals surface area contributed by atoms with E-state index < -0.39 is 0 Å². The lowest BCUT2D eigenvalue weighted by molar-refractivity contribution is 0.415. The third-order valence-electron chi connectivity index (χ3n) is 3.15. The van der Waals surface area contributed by atoms with Crippen LogP contribution in [0.1, 0.15) is 18.5 Å². The molecule has 2 aromatic rings. The molecule has 0 saturated heterocycles. The van der Waals surface area contributed by atoms with Gasteiger partial charge in [0.25, 0.3) is 0 Å². The molecule has 94 valence electrons. The molecule has 0 aliphatic heterocycles. The summed E-state index contributed by atoms with van der Waals surface area (Å²) in [5.74, 6) is 1.77. The second kappa shape index (κ2) is 4.82. The lowest BCUT2D eigenvalue weighted by Gasteiger charge is -2.01. The fraction of sp³-hybridized carbons (Fsp3) is 0.357. The summed E-state index contributed by atoms with van der Waals surface area (Å²) in [5, 5.41) is 3.46.